The summed E-state index contributed by atoms with van der Waals surface area (Å²) >= 11 is 0. The van der Waals surface area contributed by atoms with Crippen LogP contribution in [0.2, 0.25) is 0 Å². The van der Waals surface area contributed by atoms with E-state index in [-0.39, 0.29) is 23.9 Å². The first kappa shape index (κ1) is 17.4. The quantitative estimate of drug-likeness (QED) is 0.858. The summed E-state index contributed by atoms with van der Waals surface area (Å²) in [7, 11) is 1.79. The molecule has 25 heavy (non-hydrogen) atoms. The third kappa shape index (κ3) is 4.36. The van der Waals surface area contributed by atoms with Crippen molar-refractivity contribution in [3.63, 3.8) is 0 Å². The van der Waals surface area contributed by atoms with Crippen molar-refractivity contribution in [3.8, 4) is 0 Å². The normalized spacial score (nSPS) is 16.8. The molecule has 1 aliphatic heterocycles. The van der Waals surface area contributed by atoms with E-state index in [1.165, 1.54) is 0 Å². The highest BCUT2D eigenvalue weighted by atomic mass is 16.5. The van der Waals surface area contributed by atoms with Gasteiger partial charge in [-0.25, -0.2) is 4.79 Å². The van der Waals surface area contributed by atoms with Gasteiger partial charge in [0.15, 0.2) is 11.6 Å². The van der Waals surface area contributed by atoms with E-state index in [0.717, 1.165) is 12.8 Å². The Balaban J connectivity index is 1.74. The second-order valence-electron chi connectivity index (χ2n) is 6.55. The van der Waals surface area contributed by atoms with E-state index in [0.29, 0.717) is 30.7 Å². The Morgan fingerprint density at radius 2 is 2.12 bits per heavy atom. The lowest BCUT2D eigenvalue weighted by Crippen LogP contribution is -2.38. The van der Waals surface area contributed by atoms with Crippen molar-refractivity contribution in [3.05, 3.63) is 24.0 Å². The molecule has 0 aromatic carbocycles. The van der Waals surface area contributed by atoms with E-state index in [4.69, 9.17) is 9.26 Å². The molecular formula is C16H24N6O3. The minimum Gasteiger partial charge on any atom is -0.381 e. The van der Waals surface area contributed by atoms with Crippen LogP contribution >= 0.6 is 0 Å². The summed E-state index contributed by atoms with van der Waals surface area (Å²) < 4.78 is 12.5. The smallest absolute Gasteiger partial charge is 0.321 e. The summed E-state index contributed by atoms with van der Waals surface area (Å²) in [6.45, 7) is 5.32. The molecule has 9 nitrogen and oxygen atoms in total. The molecule has 2 amide bonds. The number of rotatable bonds is 5. The van der Waals surface area contributed by atoms with E-state index in [1.54, 1.807) is 24.0 Å². The molecule has 9 heteroatoms. The molecule has 1 saturated heterocycles. The molecule has 2 N–H and O–H groups in total. The first-order valence-electron chi connectivity index (χ1n) is 8.51. The van der Waals surface area contributed by atoms with Crippen LogP contribution < -0.4 is 10.6 Å². The zero-order chi connectivity index (χ0) is 17.8. The third-order valence-electron chi connectivity index (χ3n) is 4.22. The number of hydrogen-bond acceptors (Lipinski definition) is 6. The minimum atomic E-state index is -0.354. The minimum absolute atomic E-state index is 0.162. The van der Waals surface area contributed by atoms with Gasteiger partial charge in [-0.3, -0.25) is 10.00 Å². The van der Waals surface area contributed by atoms with Gasteiger partial charge in [-0.05, 0) is 18.8 Å². The van der Waals surface area contributed by atoms with Gasteiger partial charge in [0.05, 0.1) is 0 Å². The molecule has 1 atom stereocenters. The third-order valence-corrected chi connectivity index (χ3v) is 4.22. The lowest BCUT2D eigenvalue weighted by atomic mass is 9.91. The maximum absolute atomic E-state index is 12.4. The van der Waals surface area contributed by atoms with Crippen LogP contribution in [0.25, 0.3) is 0 Å². The van der Waals surface area contributed by atoms with Gasteiger partial charge in [0.1, 0.15) is 6.04 Å². The lowest BCUT2D eigenvalue weighted by molar-refractivity contribution is 0.0506. The predicted octanol–water partition coefficient (Wildman–Crippen LogP) is 2.22. The Labute approximate surface area is 146 Å². The second-order valence-corrected chi connectivity index (χ2v) is 6.55. The fourth-order valence-corrected chi connectivity index (χ4v) is 2.81. The number of aromatic nitrogens is 4. The average Bonchev–Trinajstić information content (AvgIpc) is 3.23. The zero-order valence-electron chi connectivity index (χ0n) is 14.7. The standard InChI is InChI=1S/C16H24N6O3/c1-10(2)14-19-15(25-21-14)13(11-5-8-24-9-6-11)18-16(23)17-12-4-7-22(3)20-12/h4,7,10-11,13H,5-6,8-9H2,1-3H3,(H2,17,18,20,23)/t13-/m0/s1. The molecule has 0 aliphatic carbocycles. The number of ether oxygens (including phenoxy) is 1. The van der Waals surface area contributed by atoms with Crippen molar-refractivity contribution in [1.82, 2.24) is 25.2 Å². The van der Waals surface area contributed by atoms with Crippen molar-refractivity contribution in [1.29, 1.82) is 0 Å². The number of nitrogens with one attached hydrogen (secondary N) is 2. The van der Waals surface area contributed by atoms with E-state index < -0.39 is 0 Å². The Morgan fingerprint density at radius 3 is 2.72 bits per heavy atom. The summed E-state index contributed by atoms with van der Waals surface area (Å²) in [6.07, 6.45) is 3.42. The van der Waals surface area contributed by atoms with E-state index >= 15 is 0 Å². The lowest BCUT2D eigenvalue weighted by Gasteiger charge is -2.28. The molecule has 3 rings (SSSR count). The number of urea groups is 1. The first-order valence-corrected chi connectivity index (χ1v) is 8.51. The molecule has 1 aliphatic rings. The monoisotopic (exact) mass is 348 g/mol. The van der Waals surface area contributed by atoms with Gasteiger partial charge in [-0.1, -0.05) is 19.0 Å². The first-order chi connectivity index (χ1) is 12.0. The largest absolute Gasteiger partial charge is 0.381 e. The highest BCUT2D eigenvalue weighted by Crippen LogP contribution is 2.30. The van der Waals surface area contributed by atoms with Gasteiger partial charge in [0.25, 0.3) is 0 Å². The number of hydrogen-bond donors (Lipinski definition) is 2. The Bertz CT molecular complexity index is 704. The van der Waals surface area contributed by atoms with Crippen LogP contribution in [0.15, 0.2) is 16.8 Å². The SMILES string of the molecule is CC(C)c1noc([C@@H](NC(=O)Nc2ccn(C)n2)C2CCOCC2)n1. The maximum atomic E-state index is 12.4. The van der Waals surface area contributed by atoms with Crippen molar-refractivity contribution in [2.75, 3.05) is 18.5 Å². The van der Waals surface area contributed by atoms with Gasteiger partial charge in [-0.15, -0.1) is 0 Å². The van der Waals surface area contributed by atoms with Gasteiger partial charge >= 0.3 is 6.03 Å². The molecule has 2 aromatic heterocycles. The van der Waals surface area contributed by atoms with Crippen LogP contribution in [-0.4, -0.2) is 39.2 Å². The maximum Gasteiger partial charge on any atom is 0.321 e. The topological polar surface area (TPSA) is 107 Å². The summed E-state index contributed by atoms with van der Waals surface area (Å²) in [5.41, 5.74) is 0. The summed E-state index contributed by atoms with van der Waals surface area (Å²) in [5.74, 6) is 1.91. The van der Waals surface area contributed by atoms with Crippen molar-refractivity contribution >= 4 is 11.8 Å². The van der Waals surface area contributed by atoms with Crippen LogP contribution in [0.4, 0.5) is 10.6 Å². The second kappa shape index (κ2) is 7.64. The number of amides is 2. The van der Waals surface area contributed by atoms with Crippen molar-refractivity contribution in [2.24, 2.45) is 13.0 Å². The molecule has 0 spiro atoms. The fraction of sp³-hybridized carbons (Fsp3) is 0.625. The van der Waals surface area contributed by atoms with Crippen LogP contribution in [0, 0.1) is 5.92 Å². The van der Waals surface area contributed by atoms with Gasteiger partial charge < -0.3 is 14.6 Å². The highest BCUT2D eigenvalue weighted by molar-refractivity contribution is 5.88. The molecule has 136 valence electrons. The average molecular weight is 348 g/mol. The number of aryl methyl sites for hydroxylation is 1. The molecule has 0 radical (unpaired) electrons. The van der Waals surface area contributed by atoms with Crippen LogP contribution in [0.5, 0.6) is 0 Å². The molecule has 1 fully saturated rings. The van der Waals surface area contributed by atoms with Crippen LogP contribution in [-0.2, 0) is 11.8 Å². The van der Waals surface area contributed by atoms with E-state index in [2.05, 4.69) is 25.9 Å². The van der Waals surface area contributed by atoms with Gasteiger partial charge in [-0.2, -0.15) is 10.1 Å². The summed E-state index contributed by atoms with van der Waals surface area (Å²) in [6, 6.07) is 1.03. The van der Waals surface area contributed by atoms with Gasteiger partial charge in [0, 0.05) is 38.4 Å². The van der Waals surface area contributed by atoms with Crippen LogP contribution in [0.1, 0.15) is 50.4 Å². The number of carbonyl (C=O) groups is 1. The van der Waals surface area contributed by atoms with E-state index in [1.807, 2.05) is 13.8 Å². The molecule has 0 saturated carbocycles. The molecule has 2 aromatic rings. The van der Waals surface area contributed by atoms with Crippen molar-refractivity contribution < 1.29 is 14.1 Å². The Hall–Kier alpha value is -2.42. The number of anilines is 1. The van der Waals surface area contributed by atoms with Crippen molar-refractivity contribution in [2.45, 2.75) is 38.6 Å². The van der Waals surface area contributed by atoms with Gasteiger partial charge in [0.2, 0.25) is 5.89 Å². The molecule has 3 heterocycles. The summed E-state index contributed by atoms with van der Waals surface area (Å²) in [5, 5.41) is 13.9. The van der Waals surface area contributed by atoms with Crippen LogP contribution in [0.3, 0.4) is 0 Å². The molecule has 0 unspecified atom stereocenters. The highest BCUT2D eigenvalue weighted by Gasteiger charge is 2.31. The summed E-state index contributed by atoms with van der Waals surface area (Å²) in [4.78, 5) is 16.9. The zero-order valence-corrected chi connectivity index (χ0v) is 14.7. The number of nitrogens with zero attached hydrogens (tertiary/aromatic N) is 4. The number of carbonyl (C=O) groups excluding carboxylic acids is 1. The fourth-order valence-electron chi connectivity index (χ4n) is 2.81. The Morgan fingerprint density at radius 1 is 1.36 bits per heavy atom. The molecule has 0 bridgehead atoms. The Kier molecular flexibility index (Phi) is 5.32. The predicted molar refractivity (Wildman–Crippen MR) is 90.0 cm³/mol. The van der Waals surface area contributed by atoms with E-state index in [9.17, 15) is 4.79 Å². The molecular weight excluding hydrogens is 324 g/mol.